The van der Waals surface area contributed by atoms with E-state index < -0.39 is 22.4 Å². The minimum Gasteiger partial charge on any atom is -1.00 e. The van der Waals surface area contributed by atoms with Crippen molar-refractivity contribution in [1.29, 1.82) is 0 Å². The summed E-state index contributed by atoms with van der Waals surface area (Å²) in [6.07, 6.45) is 44.7. The Morgan fingerprint density at radius 3 is 0.655 bits per heavy atom. The monoisotopic (exact) mass is 884 g/mol. The molecule has 7 nitrogen and oxygen atoms in total. The highest BCUT2D eigenvalue weighted by Crippen LogP contribution is 2.35. The lowest BCUT2D eigenvalue weighted by atomic mass is 10.0. The van der Waals surface area contributed by atoms with Gasteiger partial charge in [-0.2, -0.15) is 0 Å². The molecular formula is C45H98BrNO6Si2. The Kier molecular flexibility index (Phi) is 42.0. The Morgan fingerprint density at radius 1 is 0.309 bits per heavy atom. The molecule has 10 heteroatoms. The Hall–Kier alpha value is 0.634. The lowest BCUT2D eigenvalue weighted by Crippen LogP contribution is -3.27. The van der Waals surface area contributed by atoms with Gasteiger partial charge in [0.2, 0.25) is 4.79 Å². The van der Waals surface area contributed by atoms with Crippen molar-refractivity contribution < 1.29 is 48.4 Å². The van der Waals surface area contributed by atoms with Crippen LogP contribution in [0.15, 0.2) is 0 Å². The molecule has 0 aromatic carbocycles. The van der Waals surface area contributed by atoms with Gasteiger partial charge in [0.15, 0.2) is 0 Å². The van der Waals surface area contributed by atoms with Crippen molar-refractivity contribution in [3.63, 3.8) is 0 Å². The maximum atomic E-state index is 6.32. The average Bonchev–Trinajstić information content (AvgIpc) is 3.20. The summed E-state index contributed by atoms with van der Waals surface area (Å²) in [6.45, 7) is 8.81. The molecule has 0 aliphatic rings. The number of rotatable bonds is 44. The molecule has 0 bridgehead atoms. The zero-order valence-corrected chi connectivity index (χ0v) is 42.2. The third kappa shape index (κ3) is 22.7. The molecule has 0 aliphatic heterocycles. The minimum atomic E-state index is -3.33. The molecule has 0 heterocycles. The first-order chi connectivity index (χ1) is 26.4. The molecule has 1 N–H and O–H groups in total. The lowest BCUT2D eigenvalue weighted by molar-refractivity contribution is -0.933. The van der Waals surface area contributed by atoms with E-state index in [1.807, 2.05) is 0 Å². The Balaban J connectivity index is 0. The number of hydrogen-bond donors (Lipinski definition) is 1. The summed E-state index contributed by atoms with van der Waals surface area (Å²) >= 11 is 0. The van der Waals surface area contributed by atoms with Crippen molar-refractivity contribution in [1.82, 2.24) is 0 Å². The molecule has 0 aromatic rings. The fraction of sp³-hybridized carbons (Fsp3) is 1.00. The van der Waals surface area contributed by atoms with E-state index in [0.717, 1.165) is 32.4 Å². The van der Waals surface area contributed by atoms with Crippen LogP contribution in [0.2, 0.25) is 0 Å². The SMILES string of the molecule is CCCCCCCCCCCCCCCCCC[NH+](CCCCCCCCCCCCCCCCCC)C(CC)([Si](OC)(OC)OC)[Si](OC)(OC)OC.[Br-]. The molecule has 0 aromatic heterocycles. The Bertz CT molecular complexity index is 705. The van der Waals surface area contributed by atoms with E-state index in [0.29, 0.717) is 0 Å². The first kappa shape index (κ1) is 57.7. The highest BCUT2D eigenvalue weighted by molar-refractivity contribution is 6.84. The molecule has 55 heavy (non-hydrogen) atoms. The second kappa shape index (κ2) is 40.1. The second-order valence-electron chi connectivity index (χ2n) is 16.3. The van der Waals surface area contributed by atoms with E-state index in [1.165, 1.54) is 198 Å². The van der Waals surface area contributed by atoms with E-state index in [1.54, 1.807) is 42.7 Å². The van der Waals surface area contributed by atoms with Gasteiger partial charge in [-0.3, -0.25) is 0 Å². The normalized spacial score (nSPS) is 12.5. The van der Waals surface area contributed by atoms with Gasteiger partial charge in [0.05, 0.1) is 13.1 Å². The minimum absolute atomic E-state index is 0. The predicted octanol–water partition coefficient (Wildman–Crippen LogP) is 9.38. The molecule has 0 saturated heterocycles. The third-order valence-corrected chi connectivity index (χ3v) is 21.0. The van der Waals surface area contributed by atoms with Crippen LogP contribution < -0.4 is 21.9 Å². The van der Waals surface area contributed by atoms with Crippen LogP contribution in [0.25, 0.3) is 0 Å². The molecule has 0 rings (SSSR count). The summed E-state index contributed by atoms with van der Waals surface area (Å²) in [5.74, 6) is 0. The van der Waals surface area contributed by atoms with Gasteiger partial charge in [0.25, 0.3) is 0 Å². The largest absolute Gasteiger partial charge is 1.00 e. The van der Waals surface area contributed by atoms with Gasteiger partial charge in [-0.05, 0) is 25.7 Å². The first-order valence-corrected chi connectivity index (χ1v) is 27.1. The van der Waals surface area contributed by atoms with Gasteiger partial charge in [0.1, 0.15) is 0 Å². The molecular weight excluding hydrogens is 787 g/mol. The molecule has 0 saturated carbocycles. The smallest absolute Gasteiger partial charge is 0.569 e. The molecule has 334 valence electrons. The summed E-state index contributed by atoms with van der Waals surface area (Å²) in [6, 6.07) is 0. The highest BCUT2D eigenvalue weighted by Gasteiger charge is 2.81. The van der Waals surface area contributed by atoms with Gasteiger partial charge >= 0.3 is 17.6 Å². The molecule has 0 atom stereocenters. The number of unbranched alkanes of at least 4 members (excludes halogenated alkanes) is 30. The quantitative estimate of drug-likeness (QED) is 0.0487. The Morgan fingerprint density at radius 2 is 0.491 bits per heavy atom. The third-order valence-electron chi connectivity index (χ3n) is 12.5. The lowest BCUT2D eigenvalue weighted by Gasteiger charge is -2.51. The molecule has 0 aliphatic carbocycles. The number of nitrogens with one attached hydrogen (secondary N) is 1. The zero-order chi connectivity index (χ0) is 40.1. The van der Waals surface area contributed by atoms with Crippen molar-refractivity contribution in [2.24, 2.45) is 0 Å². The van der Waals surface area contributed by atoms with E-state index in [4.69, 9.17) is 26.6 Å². The van der Waals surface area contributed by atoms with Crippen molar-refractivity contribution in [3.05, 3.63) is 0 Å². The maximum Gasteiger partial charge on any atom is 0.569 e. The van der Waals surface area contributed by atoms with Gasteiger partial charge < -0.3 is 48.4 Å². The number of halogens is 1. The van der Waals surface area contributed by atoms with E-state index in [-0.39, 0.29) is 17.0 Å². The van der Waals surface area contributed by atoms with E-state index in [9.17, 15) is 0 Å². The van der Waals surface area contributed by atoms with Crippen molar-refractivity contribution in [3.8, 4) is 0 Å². The van der Waals surface area contributed by atoms with Crippen molar-refractivity contribution in [2.45, 2.75) is 237 Å². The summed E-state index contributed by atoms with van der Waals surface area (Å²) in [5, 5.41) is 0. The van der Waals surface area contributed by atoms with E-state index >= 15 is 0 Å². The zero-order valence-electron chi connectivity index (χ0n) is 38.6. The van der Waals surface area contributed by atoms with Gasteiger partial charge in [-0.15, -0.1) is 0 Å². The summed E-state index contributed by atoms with van der Waals surface area (Å²) in [5.41, 5.74) is 0. The fourth-order valence-corrected chi connectivity index (χ4v) is 17.8. The summed E-state index contributed by atoms with van der Waals surface area (Å²) < 4.78 is 37.9. The van der Waals surface area contributed by atoms with Gasteiger partial charge in [0, 0.05) is 49.1 Å². The van der Waals surface area contributed by atoms with Crippen LogP contribution in [-0.2, 0) is 26.6 Å². The molecule has 0 spiro atoms. The molecule has 0 unspecified atom stereocenters. The van der Waals surface area contributed by atoms with Gasteiger partial charge in [-0.1, -0.05) is 201 Å². The molecule has 0 fully saturated rings. The van der Waals surface area contributed by atoms with E-state index in [2.05, 4.69) is 20.8 Å². The van der Waals surface area contributed by atoms with Crippen LogP contribution in [-0.4, -0.2) is 78.1 Å². The molecule has 0 radical (unpaired) electrons. The maximum absolute atomic E-state index is 6.32. The second-order valence-corrected chi connectivity index (χ2v) is 23.2. The first-order valence-electron chi connectivity index (χ1n) is 23.6. The summed E-state index contributed by atoms with van der Waals surface area (Å²) in [4.78, 5) is 0.733. The summed E-state index contributed by atoms with van der Waals surface area (Å²) in [7, 11) is 3.70. The van der Waals surface area contributed by atoms with Gasteiger partial charge in [-0.25, -0.2) is 0 Å². The van der Waals surface area contributed by atoms with Crippen LogP contribution in [0.4, 0.5) is 0 Å². The highest BCUT2D eigenvalue weighted by atomic mass is 79.9. The van der Waals surface area contributed by atoms with Crippen molar-refractivity contribution in [2.75, 3.05) is 55.7 Å². The van der Waals surface area contributed by atoms with Crippen LogP contribution >= 0.6 is 0 Å². The van der Waals surface area contributed by atoms with Crippen molar-refractivity contribution >= 4 is 17.6 Å². The number of quaternary nitrogens is 1. The van der Waals surface area contributed by atoms with Crippen LogP contribution in [0, 0.1) is 0 Å². The average molecular weight is 885 g/mol. The topological polar surface area (TPSA) is 59.8 Å². The number of hydrogen-bond acceptors (Lipinski definition) is 6. The fourth-order valence-electron chi connectivity index (χ4n) is 9.17. The van der Waals surface area contributed by atoms with Crippen LogP contribution in [0.3, 0.4) is 0 Å². The standard InChI is InChI=1S/C45H97NO6Si2.BrH/c1-10-13-15-17-19-21-23-25-27-29-31-33-35-37-39-41-43-46(45(12-3,53(47-4,48-5)49-6)54(50-7,51-8)52-9)44-42-40-38-36-34-32-30-28-26-24-22-20-18-16-14-11-2;/h10-44H2,1-9H3;1H. The Labute approximate surface area is 357 Å². The predicted molar refractivity (Wildman–Crippen MR) is 236 cm³/mol. The van der Waals surface area contributed by atoms with Crippen LogP contribution in [0.5, 0.6) is 0 Å². The molecule has 0 amide bonds. The van der Waals surface area contributed by atoms with Crippen LogP contribution in [0.1, 0.15) is 233 Å².